The molecule has 0 radical (unpaired) electrons. The topological polar surface area (TPSA) is 77.3 Å². The highest BCUT2D eigenvalue weighted by Gasteiger charge is 2.32. The van der Waals surface area contributed by atoms with E-state index in [1.807, 2.05) is 0 Å². The summed E-state index contributed by atoms with van der Waals surface area (Å²) < 4.78 is 73.0. The van der Waals surface area contributed by atoms with Crippen molar-refractivity contribution in [2.24, 2.45) is 0 Å². The molecular formula is C22H21F3N2O5S. The van der Waals surface area contributed by atoms with E-state index < -0.39 is 22.1 Å². The third kappa shape index (κ3) is 7.02. The Morgan fingerprint density at radius 3 is 2.39 bits per heavy atom. The van der Waals surface area contributed by atoms with E-state index in [1.165, 1.54) is 4.31 Å². The fourth-order valence-corrected chi connectivity index (χ4v) is 4.90. The van der Waals surface area contributed by atoms with Crippen LogP contribution in [0.4, 0.5) is 18.9 Å². The fourth-order valence-electron chi connectivity index (χ4n) is 3.43. The van der Waals surface area contributed by atoms with E-state index in [1.54, 1.807) is 24.3 Å². The van der Waals surface area contributed by atoms with Crippen molar-refractivity contribution in [1.29, 1.82) is 0 Å². The van der Waals surface area contributed by atoms with Gasteiger partial charge >= 0.3 is 6.36 Å². The average Bonchev–Trinajstić information content (AvgIpc) is 2.77. The molecule has 2 aromatic carbocycles. The number of hydrogen-bond donors (Lipinski definition) is 0. The number of piperidine rings is 1. The number of halogens is 3. The summed E-state index contributed by atoms with van der Waals surface area (Å²) in [6.45, 7) is 7.23. The molecule has 176 valence electrons. The van der Waals surface area contributed by atoms with Crippen LogP contribution in [0.5, 0.6) is 5.75 Å². The summed E-state index contributed by atoms with van der Waals surface area (Å²) in [4.78, 5) is 15.4. The second-order valence-electron chi connectivity index (χ2n) is 7.43. The van der Waals surface area contributed by atoms with Gasteiger partial charge in [-0.1, -0.05) is 29.8 Å². The third-order valence-electron chi connectivity index (χ3n) is 5.02. The Morgan fingerprint density at radius 2 is 1.79 bits per heavy atom. The molecule has 0 amide bonds. The number of benzene rings is 2. The van der Waals surface area contributed by atoms with Gasteiger partial charge in [0.1, 0.15) is 12.4 Å². The number of sulfonamides is 1. The van der Waals surface area contributed by atoms with Crippen molar-refractivity contribution in [1.82, 2.24) is 4.31 Å². The first-order valence-electron chi connectivity index (χ1n) is 10.0. The fraction of sp³-hybridized carbons (Fsp3) is 0.364. The molecule has 7 nitrogen and oxygen atoms in total. The summed E-state index contributed by atoms with van der Waals surface area (Å²) in [5.41, 5.74) is 1.18. The van der Waals surface area contributed by atoms with Gasteiger partial charge in [-0.3, -0.25) is 4.79 Å². The molecule has 0 unspecified atom stereocenters. The highest BCUT2D eigenvalue weighted by molar-refractivity contribution is 7.89. The molecule has 0 aromatic heterocycles. The van der Waals surface area contributed by atoms with Gasteiger partial charge in [0.05, 0.1) is 17.6 Å². The molecule has 0 aliphatic carbocycles. The van der Waals surface area contributed by atoms with Gasteiger partial charge in [0.2, 0.25) is 10.0 Å². The van der Waals surface area contributed by atoms with Gasteiger partial charge in [-0.05, 0) is 37.1 Å². The average molecular weight is 482 g/mol. The van der Waals surface area contributed by atoms with Crippen LogP contribution in [0.25, 0.3) is 4.85 Å². The minimum atomic E-state index is -4.86. The van der Waals surface area contributed by atoms with Gasteiger partial charge in [-0.2, -0.15) is 4.31 Å². The van der Waals surface area contributed by atoms with Crippen LogP contribution in [0.15, 0.2) is 53.4 Å². The third-order valence-corrected chi connectivity index (χ3v) is 6.93. The van der Waals surface area contributed by atoms with Crippen LogP contribution in [0.1, 0.15) is 18.4 Å². The molecule has 0 saturated carbocycles. The van der Waals surface area contributed by atoms with Crippen molar-refractivity contribution in [3.05, 3.63) is 65.5 Å². The molecule has 0 atom stereocenters. The van der Waals surface area contributed by atoms with Crippen LogP contribution in [0, 0.1) is 6.57 Å². The number of Topliss-reactive ketones (excluding diaryl/α,β-unsaturated/α-hetero) is 1. The lowest BCUT2D eigenvalue weighted by atomic mass is 10.1. The van der Waals surface area contributed by atoms with Crippen molar-refractivity contribution in [3.8, 4) is 5.75 Å². The van der Waals surface area contributed by atoms with Crippen LogP contribution >= 0.6 is 0 Å². The van der Waals surface area contributed by atoms with Crippen molar-refractivity contribution in [3.63, 3.8) is 0 Å². The molecule has 1 aliphatic rings. The highest BCUT2D eigenvalue weighted by atomic mass is 32.2. The van der Waals surface area contributed by atoms with Crippen molar-refractivity contribution >= 4 is 21.5 Å². The maximum atomic E-state index is 12.8. The summed E-state index contributed by atoms with van der Waals surface area (Å²) in [7, 11) is -3.87. The first-order valence-corrected chi connectivity index (χ1v) is 11.5. The van der Waals surface area contributed by atoms with Gasteiger partial charge in [-0.25, -0.2) is 13.3 Å². The molecule has 1 saturated heterocycles. The zero-order chi connectivity index (χ0) is 24.1. The van der Waals surface area contributed by atoms with Gasteiger partial charge in [-0.15, -0.1) is 13.2 Å². The molecule has 0 bridgehead atoms. The normalized spacial score (nSPS) is 15.7. The second kappa shape index (κ2) is 10.3. The molecule has 0 N–H and O–H groups in total. The zero-order valence-electron chi connectivity index (χ0n) is 17.4. The molecule has 3 rings (SSSR count). The second-order valence-corrected chi connectivity index (χ2v) is 9.37. The first kappa shape index (κ1) is 24.7. The summed E-state index contributed by atoms with van der Waals surface area (Å²) in [5.74, 6) is -0.646. The Balaban J connectivity index is 1.48. The Labute approximate surface area is 189 Å². The van der Waals surface area contributed by atoms with Crippen molar-refractivity contribution in [2.75, 3.05) is 19.7 Å². The number of nitrogens with zero attached hydrogens (tertiary/aromatic N) is 2. The Bertz CT molecular complexity index is 1120. The molecule has 2 aromatic rings. The number of carbonyl (C=O) groups is 1. The largest absolute Gasteiger partial charge is 0.573 e. The van der Waals surface area contributed by atoms with E-state index in [-0.39, 0.29) is 42.9 Å². The van der Waals surface area contributed by atoms with E-state index >= 15 is 0 Å². The van der Waals surface area contributed by atoms with E-state index in [0.717, 1.165) is 29.8 Å². The van der Waals surface area contributed by atoms with E-state index in [0.29, 0.717) is 18.5 Å². The number of alkyl halides is 3. The number of rotatable bonds is 8. The predicted molar refractivity (Wildman–Crippen MR) is 112 cm³/mol. The van der Waals surface area contributed by atoms with Crippen LogP contribution in [0.3, 0.4) is 0 Å². The monoisotopic (exact) mass is 482 g/mol. The number of ether oxygens (including phenoxy) is 2. The number of ketones is 1. The minimum absolute atomic E-state index is 0.111. The van der Waals surface area contributed by atoms with E-state index in [4.69, 9.17) is 11.3 Å². The molecule has 0 spiro atoms. The van der Waals surface area contributed by atoms with Crippen LogP contribution in [0.2, 0.25) is 0 Å². The predicted octanol–water partition coefficient (Wildman–Crippen LogP) is 4.12. The molecule has 33 heavy (non-hydrogen) atoms. The smallest absolute Gasteiger partial charge is 0.406 e. The Morgan fingerprint density at radius 1 is 1.12 bits per heavy atom. The molecule has 1 heterocycles. The zero-order valence-corrected chi connectivity index (χ0v) is 18.2. The van der Waals surface area contributed by atoms with Crippen LogP contribution < -0.4 is 4.74 Å². The first-order chi connectivity index (χ1) is 15.6. The van der Waals surface area contributed by atoms with E-state index in [9.17, 15) is 26.4 Å². The lowest BCUT2D eigenvalue weighted by Gasteiger charge is -2.31. The summed E-state index contributed by atoms with van der Waals surface area (Å²) in [5, 5.41) is 0. The minimum Gasteiger partial charge on any atom is -0.406 e. The molecule has 1 aliphatic heterocycles. The quantitative estimate of drug-likeness (QED) is 0.529. The lowest BCUT2D eigenvalue weighted by molar-refractivity contribution is -0.274. The Hall–Kier alpha value is -2.94. The standard InChI is InChI=1S/C22H21F3N2O5S/c1-26-17-4-2-3-16(13-17)14-18(28)15-31-19-9-11-27(12-10-19)33(29,30)21-7-5-20(6-8-21)32-22(23,24)25/h2-8,13,19H,9-12,14-15H2. The number of carbonyl (C=O) groups excluding carboxylic acids is 1. The van der Waals surface area contributed by atoms with Crippen molar-refractivity contribution in [2.45, 2.75) is 36.6 Å². The van der Waals surface area contributed by atoms with Gasteiger partial charge in [0, 0.05) is 19.5 Å². The van der Waals surface area contributed by atoms with Gasteiger partial charge < -0.3 is 9.47 Å². The summed E-state index contributed by atoms with van der Waals surface area (Å²) >= 11 is 0. The summed E-state index contributed by atoms with van der Waals surface area (Å²) in [6, 6.07) is 10.8. The van der Waals surface area contributed by atoms with Crippen LogP contribution in [-0.2, 0) is 26.0 Å². The molecule has 1 fully saturated rings. The summed E-state index contributed by atoms with van der Waals surface area (Å²) in [6.07, 6.45) is -4.22. The highest BCUT2D eigenvalue weighted by Crippen LogP contribution is 2.27. The van der Waals surface area contributed by atoms with Crippen molar-refractivity contribution < 1.29 is 35.9 Å². The maximum Gasteiger partial charge on any atom is 0.573 e. The van der Waals surface area contributed by atoms with Crippen LogP contribution in [-0.4, -0.2) is 50.7 Å². The van der Waals surface area contributed by atoms with E-state index in [2.05, 4.69) is 9.58 Å². The molecule has 11 heteroatoms. The maximum absolute atomic E-state index is 12.8. The molecular weight excluding hydrogens is 461 g/mol. The Kier molecular flexibility index (Phi) is 7.73. The SMILES string of the molecule is [C-]#[N+]c1cccc(CC(=O)COC2CCN(S(=O)(=O)c3ccc(OC(F)(F)F)cc3)CC2)c1. The number of hydrogen-bond acceptors (Lipinski definition) is 5. The lowest BCUT2D eigenvalue weighted by Crippen LogP contribution is -2.41. The van der Waals surface area contributed by atoms with Gasteiger partial charge in [0.25, 0.3) is 0 Å². The van der Waals surface area contributed by atoms with Gasteiger partial charge in [0.15, 0.2) is 11.5 Å².